The molecule has 116 valence electrons. The molecule has 0 bridgehead atoms. The van der Waals surface area contributed by atoms with Gasteiger partial charge < -0.3 is 5.73 Å². The van der Waals surface area contributed by atoms with Crippen LogP contribution in [0.5, 0.6) is 0 Å². The predicted octanol–water partition coefficient (Wildman–Crippen LogP) is 1.95. The van der Waals surface area contributed by atoms with Crippen molar-refractivity contribution in [2.75, 3.05) is 32.7 Å². The summed E-state index contributed by atoms with van der Waals surface area (Å²) in [5, 5.41) is 0. The van der Waals surface area contributed by atoms with E-state index >= 15 is 0 Å². The van der Waals surface area contributed by atoms with Crippen LogP contribution in [-0.4, -0.2) is 53.5 Å². The van der Waals surface area contributed by atoms with Gasteiger partial charge in [0.05, 0.1) is 0 Å². The normalized spacial score (nSPS) is 23.5. The molecule has 2 aliphatic rings. The van der Waals surface area contributed by atoms with Gasteiger partial charge >= 0.3 is 0 Å². The van der Waals surface area contributed by atoms with Crippen molar-refractivity contribution in [2.45, 2.75) is 44.7 Å². The minimum atomic E-state index is 0.323. The number of hydrogen-bond acceptors (Lipinski definition) is 4. The summed E-state index contributed by atoms with van der Waals surface area (Å²) in [6.07, 6.45) is 7.65. The van der Waals surface area contributed by atoms with Crippen LogP contribution in [0.2, 0.25) is 0 Å². The zero-order chi connectivity index (χ0) is 14.7. The van der Waals surface area contributed by atoms with Gasteiger partial charge in [-0.2, -0.15) is 0 Å². The number of nitrogens with zero attached hydrogens (tertiary/aromatic N) is 3. The first-order valence-electron chi connectivity index (χ1n) is 8.38. The molecule has 0 spiro atoms. The Kier molecular flexibility index (Phi) is 4.88. The van der Waals surface area contributed by atoms with Crippen LogP contribution in [0.25, 0.3) is 0 Å². The Hall–Kier alpha value is -0.970. The van der Waals surface area contributed by atoms with Crippen molar-refractivity contribution in [3.63, 3.8) is 0 Å². The van der Waals surface area contributed by atoms with Gasteiger partial charge in [-0.25, -0.2) is 0 Å². The molecule has 2 fully saturated rings. The highest BCUT2D eigenvalue weighted by Crippen LogP contribution is 2.26. The summed E-state index contributed by atoms with van der Waals surface area (Å²) < 4.78 is 0. The number of piperazine rings is 1. The van der Waals surface area contributed by atoms with Crippen LogP contribution < -0.4 is 5.73 Å². The zero-order valence-electron chi connectivity index (χ0n) is 13.2. The maximum atomic E-state index is 6.05. The molecule has 1 aromatic rings. The lowest BCUT2D eigenvalue weighted by Gasteiger charge is -2.41. The summed E-state index contributed by atoms with van der Waals surface area (Å²) in [6, 6.07) is 5.45. The number of rotatable bonds is 4. The minimum Gasteiger partial charge on any atom is -0.329 e. The van der Waals surface area contributed by atoms with Crippen molar-refractivity contribution in [3.05, 3.63) is 29.6 Å². The van der Waals surface area contributed by atoms with E-state index in [1.807, 2.05) is 13.1 Å². The molecule has 0 amide bonds. The van der Waals surface area contributed by atoms with E-state index in [9.17, 15) is 0 Å². The lowest BCUT2D eigenvalue weighted by molar-refractivity contribution is 0.0721. The Labute approximate surface area is 128 Å². The number of aromatic nitrogens is 1. The van der Waals surface area contributed by atoms with Crippen LogP contribution in [0.1, 0.15) is 43.0 Å². The average Bonchev–Trinajstić information content (AvgIpc) is 3.05. The molecule has 1 saturated heterocycles. The topological polar surface area (TPSA) is 45.4 Å². The quantitative estimate of drug-likeness (QED) is 0.920. The first-order chi connectivity index (χ1) is 10.3. The van der Waals surface area contributed by atoms with Crippen LogP contribution in [0.4, 0.5) is 0 Å². The van der Waals surface area contributed by atoms with E-state index in [0.29, 0.717) is 12.6 Å². The fourth-order valence-corrected chi connectivity index (χ4v) is 3.86. The molecular formula is C17H28N4. The van der Waals surface area contributed by atoms with Crippen LogP contribution >= 0.6 is 0 Å². The molecule has 21 heavy (non-hydrogen) atoms. The van der Waals surface area contributed by atoms with Gasteiger partial charge in [-0.3, -0.25) is 14.8 Å². The van der Waals surface area contributed by atoms with E-state index in [1.54, 1.807) is 0 Å². The third-order valence-electron chi connectivity index (χ3n) is 5.17. The lowest BCUT2D eigenvalue weighted by atomic mass is 10.1. The Morgan fingerprint density at radius 1 is 1.19 bits per heavy atom. The molecular weight excluding hydrogens is 260 g/mol. The first-order valence-corrected chi connectivity index (χ1v) is 8.38. The molecule has 2 heterocycles. The van der Waals surface area contributed by atoms with Gasteiger partial charge in [-0.1, -0.05) is 18.9 Å². The third kappa shape index (κ3) is 3.44. The molecule has 1 saturated carbocycles. The average molecular weight is 288 g/mol. The summed E-state index contributed by atoms with van der Waals surface area (Å²) >= 11 is 0. The third-order valence-corrected chi connectivity index (χ3v) is 5.17. The molecule has 2 N–H and O–H groups in total. The molecule has 1 aromatic heterocycles. The van der Waals surface area contributed by atoms with Crippen LogP contribution in [-0.2, 0) is 0 Å². The fourth-order valence-electron chi connectivity index (χ4n) is 3.86. The van der Waals surface area contributed by atoms with E-state index < -0.39 is 0 Å². The Bertz CT molecular complexity index is 431. The smallest absolute Gasteiger partial charge is 0.0486 e. The highest BCUT2D eigenvalue weighted by molar-refractivity contribution is 5.18. The van der Waals surface area contributed by atoms with E-state index in [2.05, 4.69) is 26.9 Å². The van der Waals surface area contributed by atoms with Gasteiger partial charge in [0.15, 0.2) is 0 Å². The van der Waals surface area contributed by atoms with Crippen molar-refractivity contribution in [1.29, 1.82) is 0 Å². The van der Waals surface area contributed by atoms with E-state index in [0.717, 1.165) is 24.8 Å². The Morgan fingerprint density at radius 3 is 2.48 bits per heavy atom. The van der Waals surface area contributed by atoms with E-state index in [4.69, 9.17) is 5.73 Å². The van der Waals surface area contributed by atoms with Gasteiger partial charge in [0.1, 0.15) is 0 Å². The van der Waals surface area contributed by atoms with Gasteiger partial charge in [-0.05, 0) is 31.4 Å². The largest absolute Gasteiger partial charge is 0.329 e. The molecule has 1 unspecified atom stereocenters. The predicted molar refractivity (Wildman–Crippen MR) is 86.2 cm³/mol. The summed E-state index contributed by atoms with van der Waals surface area (Å²) in [6.45, 7) is 7.36. The highest BCUT2D eigenvalue weighted by atomic mass is 15.3. The van der Waals surface area contributed by atoms with Crippen molar-refractivity contribution >= 4 is 0 Å². The molecule has 0 radical (unpaired) electrons. The monoisotopic (exact) mass is 288 g/mol. The molecule has 4 nitrogen and oxygen atoms in total. The maximum Gasteiger partial charge on any atom is 0.0486 e. The molecule has 1 atom stereocenters. The highest BCUT2D eigenvalue weighted by Gasteiger charge is 2.29. The number of hydrogen-bond donors (Lipinski definition) is 1. The number of aryl methyl sites for hydroxylation is 1. The van der Waals surface area contributed by atoms with Gasteiger partial charge in [0, 0.05) is 56.7 Å². The fraction of sp³-hybridized carbons (Fsp3) is 0.706. The second-order valence-corrected chi connectivity index (χ2v) is 6.49. The molecule has 4 heteroatoms. The first kappa shape index (κ1) is 14.9. The number of pyridine rings is 1. The van der Waals surface area contributed by atoms with Gasteiger partial charge in [-0.15, -0.1) is 0 Å². The second-order valence-electron chi connectivity index (χ2n) is 6.49. The SMILES string of the molecule is Cc1ccc(C(CN)N2CCN(C3CCCC3)CC2)cn1. The van der Waals surface area contributed by atoms with Crippen molar-refractivity contribution in [3.8, 4) is 0 Å². The maximum absolute atomic E-state index is 6.05. The molecule has 0 aromatic carbocycles. The van der Waals surface area contributed by atoms with Crippen molar-refractivity contribution < 1.29 is 0 Å². The standard InChI is InChI=1S/C17H28N4/c1-14-6-7-15(13-19-14)17(12-18)21-10-8-20(9-11-21)16-4-2-3-5-16/h6-7,13,16-17H,2-5,8-12,18H2,1H3. The van der Waals surface area contributed by atoms with Crippen LogP contribution in [0, 0.1) is 6.92 Å². The van der Waals surface area contributed by atoms with Gasteiger partial charge in [0.25, 0.3) is 0 Å². The van der Waals surface area contributed by atoms with Crippen molar-refractivity contribution in [1.82, 2.24) is 14.8 Å². The second kappa shape index (κ2) is 6.86. The zero-order valence-corrected chi connectivity index (χ0v) is 13.2. The van der Waals surface area contributed by atoms with Crippen LogP contribution in [0.15, 0.2) is 18.3 Å². The summed E-state index contributed by atoms with van der Waals surface area (Å²) in [5.74, 6) is 0. The molecule has 1 aliphatic carbocycles. The van der Waals surface area contributed by atoms with Crippen LogP contribution in [0.3, 0.4) is 0 Å². The van der Waals surface area contributed by atoms with Gasteiger partial charge in [0.2, 0.25) is 0 Å². The summed E-state index contributed by atoms with van der Waals surface area (Å²) in [4.78, 5) is 9.67. The minimum absolute atomic E-state index is 0.323. The van der Waals surface area contributed by atoms with E-state index in [1.165, 1.54) is 44.3 Å². The summed E-state index contributed by atoms with van der Waals surface area (Å²) in [5.41, 5.74) is 8.38. The number of nitrogens with two attached hydrogens (primary N) is 1. The lowest BCUT2D eigenvalue weighted by Crippen LogP contribution is -2.51. The molecule has 3 rings (SSSR count). The summed E-state index contributed by atoms with van der Waals surface area (Å²) in [7, 11) is 0. The Balaban J connectivity index is 1.60. The van der Waals surface area contributed by atoms with Crippen molar-refractivity contribution in [2.24, 2.45) is 5.73 Å². The molecule has 1 aliphatic heterocycles. The van der Waals surface area contributed by atoms with E-state index in [-0.39, 0.29) is 0 Å². The Morgan fingerprint density at radius 2 is 1.90 bits per heavy atom.